The molecule has 0 bridgehead atoms. The van der Waals surface area contributed by atoms with Crippen molar-refractivity contribution in [3.8, 4) is 17.2 Å². The molecule has 1 saturated heterocycles. The lowest BCUT2D eigenvalue weighted by atomic mass is 9.95. The number of rotatable bonds is 14. The highest BCUT2D eigenvalue weighted by atomic mass is 32.2. The monoisotopic (exact) mass is 735 g/mol. The van der Waals surface area contributed by atoms with Crippen molar-refractivity contribution < 1.29 is 28.9 Å². The second-order valence-electron chi connectivity index (χ2n) is 13.0. The van der Waals surface area contributed by atoms with Crippen molar-refractivity contribution in [3.63, 3.8) is 0 Å². The molecule has 0 aliphatic carbocycles. The van der Waals surface area contributed by atoms with E-state index in [0.717, 1.165) is 23.1 Å². The number of aliphatic hydroxyl groups excluding tert-OH is 1. The first kappa shape index (κ1) is 36.7. The Morgan fingerprint density at radius 2 is 1.65 bits per heavy atom. The summed E-state index contributed by atoms with van der Waals surface area (Å²) in [5.41, 5.74) is 5.31. The van der Waals surface area contributed by atoms with Crippen LogP contribution in [0, 0.1) is 19.8 Å². The molecule has 1 aromatic heterocycles. The zero-order valence-corrected chi connectivity index (χ0v) is 31.4. The third kappa shape index (κ3) is 8.49. The van der Waals surface area contributed by atoms with Gasteiger partial charge in [-0.3, -0.25) is 14.5 Å². The largest absolute Gasteiger partial charge is 0.507 e. The second-order valence-corrected chi connectivity index (χ2v) is 15.2. The number of ketones is 1. The summed E-state index contributed by atoms with van der Waals surface area (Å²) >= 11 is 2.71. The minimum Gasteiger partial charge on any atom is -0.507 e. The van der Waals surface area contributed by atoms with Gasteiger partial charge in [-0.05, 0) is 79.3 Å². The molecule has 5 aromatic rings. The van der Waals surface area contributed by atoms with E-state index < -0.39 is 17.7 Å². The molecular weight excluding hydrogens is 695 g/mol. The fourth-order valence-corrected chi connectivity index (χ4v) is 7.57. The maximum Gasteiger partial charge on any atom is 0.301 e. The average Bonchev–Trinajstić information content (AvgIpc) is 3.71. The molecule has 0 saturated carbocycles. The first-order valence-corrected chi connectivity index (χ1v) is 18.8. The lowest BCUT2D eigenvalue weighted by molar-refractivity contribution is -0.132. The van der Waals surface area contributed by atoms with Crippen LogP contribution in [0.3, 0.4) is 0 Å². The molecule has 52 heavy (non-hydrogen) atoms. The minimum atomic E-state index is -1.02. The molecule has 9 nitrogen and oxygen atoms in total. The van der Waals surface area contributed by atoms with Crippen molar-refractivity contribution in [1.82, 2.24) is 10.2 Å². The number of thioether (sulfide) groups is 1. The molecule has 1 fully saturated rings. The molecule has 0 radical (unpaired) electrons. The molecule has 1 N–H and O–H groups in total. The molecule has 6 rings (SSSR count). The van der Waals surface area contributed by atoms with Crippen LogP contribution in [0.5, 0.6) is 17.2 Å². The van der Waals surface area contributed by atoms with E-state index >= 15 is 0 Å². The van der Waals surface area contributed by atoms with Gasteiger partial charge in [0.05, 0.1) is 25.3 Å². The van der Waals surface area contributed by atoms with Gasteiger partial charge in [-0.1, -0.05) is 103 Å². The number of methoxy groups -OCH3 is 1. The van der Waals surface area contributed by atoms with Crippen LogP contribution in [0.25, 0.3) is 5.76 Å². The van der Waals surface area contributed by atoms with Gasteiger partial charge >= 0.3 is 5.91 Å². The Morgan fingerprint density at radius 3 is 2.37 bits per heavy atom. The van der Waals surface area contributed by atoms with Crippen LogP contribution in [0.15, 0.2) is 101 Å². The highest BCUT2D eigenvalue weighted by Gasteiger charge is 2.48. The van der Waals surface area contributed by atoms with Crippen molar-refractivity contribution in [3.05, 3.63) is 130 Å². The van der Waals surface area contributed by atoms with E-state index in [4.69, 9.17) is 14.2 Å². The number of hydrogen-bond acceptors (Lipinski definition) is 10. The lowest BCUT2D eigenvalue weighted by Gasteiger charge is -2.23. The van der Waals surface area contributed by atoms with Crippen LogP contribution < -0.4 is 19.1 Å². The molecule has 4 aromatic carbocycles. The topological polar surface area (TPSA) is 111 Å². The standard InChI is InChI=1S/C41H41N3O6S2/c1-25(2)19-20-49-33-18-15-31(22-34(33)48-5)36-35(37(45)30-13-16-32(17-14-30)50-23-29-8-6-7-27(4)21-29)38(46)39(47)44(36)40-42-43-41(52-40)51-24-28-11-9-26(3)10-12-28/h6-18,21-22,25,36,45H,19-20,23-24H2,1-5H3/b37-35+. The summed E-state index contributed by atoms with van der Waals surface area (Å²) in [6.07, 6.45) is 0.863. The number of nitrogens with zero attached hydrogens (tertiary/aromatic N) is 3. The van der Waals surface area contributed by atoms with Gasteiger partial charge in [0, 0.05) is 11.3 Å². The number of hydrogen-bond donors (Lipinski definition) is 1. The Balaban J connectivity index is 1.33. The van der Waals surface area contributed by atoms with Gasteiger partial charge in [0.25, 0.3) is 5.78 Å². The van der Waals surface area contributed by atoms with Gasteiger partial charge in [0.15, 0.2) is 15.8 Å². The normalized spacial score (nSPS) is 15.3. The van der Waals surface area contributed by atoms with E-state index in [0.29, 0.717) is 57.6 Å². The van der Waals surface area contributed by atoms with Crippen molar-refractivity contribution >= 4 is 45.7 Å². The van der Waals surface area contributed by atoms with Crippen molar-refractivity contribution in [2.24, 2.45) is 5.92 Å². The van der Waals surface area contributed by atoms with Gasteiger partial charge < -0.3 is 19.3 Å². The fraction of sp³-hybridized carbons (Fsp3) is 0.268. The molecule has 1 aliphatic rings. The summed E-state index contributed by atoms with van der Waals surface area (Å²) < 4.78 is 18.3. The van der Waals surface area contributed by atoms with Crippen LogP contribution in [0.1, 0.15) is 59.7 Å². The number of aromatic nitrogens is 2. The maximum atomic E-state index is 13.9. The van der Waals surface area contributed by atoms with Gasteiger partial charge in [0.2, 0.25) is 5.13 Å². The quantitative estimate of drug-likeness (QED) is 0.0393. The van der Waals surface area contributed by atoms with E-state index in [9.17, 15) is 14.7 Å². The zero-order chi connectivity index (χ0) is 36.8. The zero-order valence-electron chi connectivity index (χ0n) is 29.8. The summed E-state index contributed by atoms with van der Waals surface area (Å²) in [6, 6.07) is 27.4. The molecule has 1 amide bonds. The fourth-order valence-electron chi connectivity index (χ4n) is 5.74. The van der Waals surface area contributed by atoms with Crippen molar-refractivity contribution in [2.75, 3.05) is 18.6 Å². The Hall–Kier alpha value is -5.13. The summed E-state index contributed by atoms with van der Waals surface area (Å²) in [6.45, 7) is 9.20. The highest BCUT2D eigenvalue weighted by Crippen LogP contribution is 2.46. The van der Waals surface area contributed by atoms with Gasteiger partial charge in [-0.25, -0.2) is 0 Å². The predicted octanol–water partition coefficient (Wildman–Crippen LogP) is 9.09. The highest BCUT2D eigenvalue weighted by molar-refractivity contribution is 8.00. The third-order valence-corrected chi connectivity index (χ3v) is 10.7. The third-order valence-electron chi connectivity index (χ3n) is 8.60. The number of anilines is 1. The van der Waals surface area contributed by atoms with Gasteiger partial charge in [-0.15, -0.1) is 10.2 Å². The Bertz CT molecular complexity index is 2080. The van der Waals surface area contributed by atoms with Crippen LogP contribution in [-0.2, 0) is 21.9 Å². The molecular formula is C41H41N3O6S2. The smallest absolute Gasteiger partial charge is 0.301 e. The molecule has 1 unspecified atom stereocenters. The Kier molecular flexibility index (Phi) is 11.6. The molecule has 1 atom stereocenters. The van der Waals surface area contributed by atoms with E-state index in [2.05, 4.69) is 54.4 Å². The van der Waals surface area contributed by atoms with E-state index in [1.807, 2.05) is 32.0 Å². The average molecular weight is 736 g/mol. The summed E-state index contributed by atoms with van der Waals surface area (Å²) in [4.78, 5) is 29.1. The number of carbonyl (C=O) groups excluding carboxylic acids is 2. The molecule has 268 valence electrons. The Morgan fingerprint density at radius 1 is 0.885 bits per heavy atom. The Labute approximate surface area is 312 Å². The van der Waals surface area contributed by atoms with E-state index in [1.54, 1.807) is 42.5 Å². The number of benzene rings is 4. The SMILES string of the molecule is COc1cc(C2/C(=C(\O)c3ccc(OCc4cccc(C)c4)cc3)C(=O)C(=O)N2c2nnc(SCc3ccc(C)cc3)s2)ccc1OCCC(C)C. The van der Waals surface area contributed by atoms with E-state index in [1.165, 1.54) is 40.7 Å². The molecule has 0 spiro atoms. The number of aliphatic hydroxyl groups is 1. The van der Waals surface area contributed by atoms with Crippen LogP contribution in [0.2, 0.25) is 0 Å². The summed E-state index contributed by atoms with van der Waals surface area (Å²) in [7, 11) is 1.54. The number of carbonyl (C=O) groups is 2. The first-order chi connectivity index (χ1) is 25.1. The van der Waals surface area contributed by atoms with Crippen molar-refractivity contribution in [1.29, 1.82) is 0 Å². The maximum absolute atomic E-state index is 13.9. The van der Waals surface area contributed by atoms with Crippen LogP contribution >= 0.6 is 23.1 Å². The lowest BCUT2D eigenvalue weighted by Crippen LogP contribution is -2.29. The van der Waals surface area contributed by atoms with Gasteiger partial charge in [0.1, 0.15) is 18.1 Å². The predicted molar refractivity (Wildman–Crippen MR) is 205 cm³/mol. The van der Waals surface area contributed by atoms with E-state index in [-0.39, 0.29) is 16.5 Å². The number of Topliss-reactive ketones (excluding diaryl/α,β-unsaturated/α-hetero) is 1. The second kappa shape index (κ2) is 16.5. The number of aryl methyl sites for hydroxylation is 2. The minimum absolute atomic E-state index is 0.0713. The van der Waals surface area contributed by atoms with Crippen molar-refractivity contribution in [2.45, 2.75) is 56.9 Å². The molecule has 11 heteroatoms. The molecule has 2 heterocycles. The molecule has 1 aliphatic heterocycles. The van der Waals surface area contributed by atoms with Crippen LogP contribution in [0.4, 0.5) is 5.13 Å². The van der Waals surface area contributed by atoms with Crippen LogP contribution in [-0.4, -0.2) is 40.7 Å². The number of ether oxygens (including phenoxy) is 3. The number of amides is 1. The summed E-state index contributed by atoms with van der Waals surface area (Å²) in [5.74, 6) is 0.741. The first-order valence-electron chi connectivity index (χ1n) is 17.0. The summed E-state index contributed by atoms with van der Waals surface area (Å²) in [5, 5.41) is 20.7. The van der Waals surface area contributed by atoms with Gasteiger partial charge in [-0.2, -0.15) is 0 Å².